The lowest BCUT2D eigenvalue weighted by molar-refractivity contribution is -0.137. The minimum Gasteiger partial charge on any atom is -0.333 e. The third-order valence-electron chi connectivity index (χ3n) is 2.56. The van der Waals surface area contributed by atoms with Crippen LogP contribution in [0.2, 0.25) is 0 Å². The van der Waals surface area contributed by atoms with Gasteiger partial charge in [-0.3, -0.25) is 0 Å². The van der Waals surface area contributed by atoms with E-state index < -0.39 is 17.8 Å². The summed E-state index contributed by atoms with van der Waals surface area (Å²) in [5.41, 5.74) is -0.666. The third-order valence-corrected chi connectivity index (χ3v) is 2.56. The van der Waals surface area contributed by atoms with Crippen molar-refractivity contribution in [2.75, 3.05) is 18.4 Å². The molecule has 1 saturated heterocycles. The van der Waals surface area contributed by atoms with Crippen molar-refractivity contribution in [1.29, 1.82) is 0 Å². The van der Waals surface area contributed by atoms with Crippen molar-refractivity contribution >= 4 is 11.7 Å². The molecule has 0 spiro atoms. The van der Waals surface area contributed by atoms with Gasteiger partial charge in [0.15, 0.2) is 0 Å². The molecule has 98 valence electrons. The molecular formula is C11H12F3N3O. The van der Waals surface area contributed by atoms with Crippen LogP contribution in [-0.4, -0.2) is 25.2 Å². The van der Waals surface area contributed by atoms with Crippen molar-refractivity contribution in [2.45, 2.75) is 12.2 Å². The maximum absolute atomic E-state index is 12.4. The number of hydrogen-bond donors (Lipinski definition) is 3. The minimum atomic E-state index is -4.41. The Bertz CT molecular complexity index is 443. The summed E-state index contributed by atoms with van der Waals surface area (Å²) in [6.07, 6.45) is -4.41. The van der Waals surface area contributed by atoms with Crippen molar-refractivity contribution in [1.82, 2.24) is 10.6 Å². The minimum absolute atomic E-state index is 0.0378. The zero-order chi connectivity index (χ0) is 13.2. The van der Waals surface area contributed by atoms with Crippen LogP contribution < -0.4 is 16.0 Å². The number of anilines is 1. The van der Waals surface area contributed by atoms with Gasteiger partial charge in [-0.2, -0.15) is 13.2 Å². The summed E-state index contributed by atoms with van der Waals surface area (Å²) >= 11 is 0. The number of benzene rings is 1. The monoisotopic (exact) mass is 259 g/mol. The summed E-state index contributed by atoms with van der Waals surface area (Å²) in [7, 11) is 0. The lowest BCUT2D eigenvalue weighted by atomic mass is 10.2. The summed E-state index contributed by atoms with van der Waals surface area (Å²) in [4.78, 5) is 11.4. The average Bonchev–Trinajstić information content (AvgIpc) is 2.23. The van der Waals surface area contributed by atoms with Crippen molar-refractivity contribution in [2.24, 2.45) is 0 Å². The van der Waals surface area contributed by atoms with Crippen LogP contribution in [0.1, 0.15) is 5.56 Å². The molecule has 0 bridgehead atoms. The first-order valence-electron chi connectivity index (χ1n) is 5.40. The first kappa shape index (κ1) is 12.7. The fourth-order valence-corrected chi connectivity index (χ4v) is 1.52. The van der Waals surface area contributed by atoms with Crippen LogP contribution in [0.3, 0.4) is 0 Å². The van der Waals surface area contributed by atoms with Crippen LogP contribution in [0.25, 0.3) is 0 Å². The smallest absolute Gasteiger partial charge is 0.333 e. The van der Waals surface area contributed by atoms with Crippen LogP contribution in [0.4, 0.5) is 23.7 Å². The fraction of sp³-hybridized carbons (Fsp3) is 0.364. The van der Waals surface area contributed by atoms with Gasteiger partial charge in [-0.1, -0.05) is 6.07 Å². The SMILES string of the molecule is O=C(Nc1cccc(C(F)(F)F)c1)NC1CNC1. The van der Waals surface area contributed by atoms with Gasteiger partial charge < -0.3 is 16.0 Å². The lowest BCUT2D eigenvalue weighted by Gasteiger charge is -2.27. The maximum Gasteiger partial charge on any atom is 0.416 e. The van der Waals surface area contributed by atoms with Crippen LogP contribution in [0, 0.1) is 0 Å². The molecule has 0 unspecified atom stereocenters. The molecule has 18 heavy (non-hydrogen) atoms. The number of carbonyl (C=O) groups is 1. The van der Waals surface area contributed by atoms with Gasteiger partial charge in [0.05, 0.1) is 11.6 Å². The van der Waals surface area contributed by atoms with Gasteiger partial charge in [-0.25, -0.2) is 4.79 Å². The normalized spacial score (nSPS) is 15.9. The van der Waals surface area contributed by atoms with Gasteiger partial charge in [0.1, 0.15) is 0 Å². The van der Waals surface area contributed by atoms with E-state index in [2.05, 4.69) is 16.0 Å². The molecular weight excluding hydrogens is 247 g/mol. The first-order chi connectivity index (χ1) is 8.45. The number of rotatable bonds is 2. The summed E-state index contributed by atoms with van der Waals surface area (Å²) in [6.45, 7) is 1.35. The van der Waals surface area contributed by atoms with E-state index in [0.717, 1.165) is 12.1 Å². The number of carbonyl (C=O) groups excluding carboxylic acids is 1. The highest BCUT2D eigenvalue weighted by Gasteiger charge is 2.30. The number of amides is 2. The predicted octanol–water partition coefficient (Wildman–Crippen LogP) is 1.80. The standard InChI is InChI=1S/C11H12F3N3O/c12-11(13,14)7-2-1-3-8(4-7)16-10(18)17-9-5-15-6-9/h1-4,9,15H,5-6H2,(H2,16,17,18). The molecule has 1 aliphatic heterocycles. The lowest BCUT2D eigenvalue weighted by Crippen LogP contribution is -2.57. The summed E-state index contributed by atoms with van der Waals surface area (Å²) in [5, 5.41) is 7.97. The second-order valence-electron chi connectivity index (χ2n) is 4.03. The molecule has 1 fully saturated rings. The van der Waals surface area contributed by atoms with E-state index in [-0.39, 0.29) is 11.7 Å². The van der Waals surface area contributed by atoms with Gasteiger partial charge in [0, 0.05) is 18.8 Å². The van der Waals surface area contributed by atoms with E-state index >= 15 is 0 Å². The molecule has 0 atom stereocenters. The molecule has 0 saturated carbocycles. The van der Waals surface area contributed by atoms with Gasteiger partial charge in [-0.05, 0) is 18.2 Å². The number of alkyl halides is 3. The van der Waals surface area contributed by atoms with Crippen LogP contribution >= 0.6 is 0 Å². The first-order valence-corrected chi connectivity index (χ1v) is 5.40. The number of halogens is 3. The topological polar surface area (TPSA) is 53.2 Å². The molecule has 1 aromatic carbocycles. The molecule has 7 heteroatoms. The van der Waals surface area contributed by atoms with Crippen molar-refractivity contribution in [3.8, 4) is 0 Å². The number of urea groups is 1. The van der Waals surface area contributed by atoms with E-state index in [0.29, 0.717) is 13.1 Å². The highest BCUT2D eigenvalue weighted by Crippen LogP contribution is 2.30. The highest BCUT2D eigenvalue weighted by molar-refractivity contribution is 5.89. The van der Waals surface area contributed by atoms with Crippen LogP contribution in [0.15, 0.2) is 24.3 Å². The molecule has 4 nitrogen and oxygen atoms in total. The summed E-state index contributed by atoms with van der Waals surface area (Å²) in [6, 6.07) is 4.06. The molecule has 2 rings (SSSR count). The Morgan fingerprint density at radius 2 is 2.06 bits per heavy atom. The van der Waals surface area contributed by atoms with Crippen molar-refractivity contribution in [3.63, 3.8) is 0 Å². The van der Waals surface area contributed by atoms with E-state index in [1.54, 1.807) is 0 Å². The Balaban J connectivity index is 1.98. The fourth-order valence-electron chi connectivity index (χ4n) is 1.52. The molecule has 1 aromatic rings. The Morgan fingerprint density at radius 3 is 2.61 bits per heavy atom. The molecule has 2 amide bonds. The van der Waals surface area contributed by atoms with Crippen LogP contribution in [0.5, 0.6) is 0 Å². The zero-order valence-corrected chi connectivity index (χ0v) is 9.34. The maximum atomic E-state index is 12.4. The van der Waals surface area contributed by atoms with Gasteiger partial charge in [0.25, 0.3) is 0 Å². The van der Waals surface area contributed by atoms with E-state index in [1.807, 2.05) is 0 Å². The van der Waals surface area contributed by atoms with Crippen molar-refractivity contribution < 1.29 is 18.0 Å². The van der Waals surface area contributed by atoms with Gasteiger partial charge >= 0.3 is 12.2 Å². The Kier molecular flexibility index (Phi) is 3.42. The zero-order valence-electron chi connectivity index (χ0n) is 9.34. The second kappa shape index (κ2) is 4.85. The Hall–Kier alpha value is -1.76. The van der Waals surface area contributed by atoms with E-state index in [4.69, 9.17) is 0 Å². The highest BCUT2D eigenvalue weighted by atomic mass is 19.4. The Morgan fingerprint density at radius 1 is 1.33 bits per heavy atom. The third kappa shape index (κ3) is 3.13. The second-order valence-corrected chi connectivity index (χ2v) is 4.03. The quantitative estimate of drug-likeness (QED) is 0.758. The van der Waals surface area contributed by atoms with Gasteiger partial charge in [0.2, 0.25) is 0 Å². The van der Waals surface area contributed by atoms with Crippen LogP contribution in [-0.2, 0) is 6.18 Å². The number of nitrogens with one attached hydrogen (secondary N) is 3. The van der Waals surface area contributed by atoms with E-state index in [9.17, 15) is 18.0 Å². The largest absolute Gasteiger partial charge is 0.416 e. The summed E-state index contributed by atoms with van der Waals surface area (Å²) < 4.78 is 37.3. The molecule has 1 aliphatic rings. The molecule has 0 radical (unpaired) electrons. The molecule has 3 N–H and O–H groups in total. The van der Waals surface area contributed by atoms with Gasteiger partial charge in [-0.15, -0.1) is 0 Å². The van der Waals surface area contributed by atoms with Crippen molar-refractivity contribution in [3.05, 3.63) is 29.8 Å². The van der Waals surface area contributed by atoms with E-state index in [1.165, 1.54) is 12.1 Å². The average molecular weight is 259 g/mol. The predicted molar refractivity (Wildman–Crippen MR) is 60.3 cm³/mol. The molecule has 0 aliphatic carbocycles. The molecule has 1 heterocycles. The molecule has 0 aromatic heterocycles. The Labute approximate surface area is 102 Å². The summed E-state index contributed by atoms with van der Waals surface area (Å²) in [5.74, 6) is 0. The number of hydrogen-bond acceptors (Lipinski definition) is 2.